The van der Waals surface area contributed by atoms with Gasteiger partial charge in [0.1, 0.15) is 5.45 Å². The van der Waals surface area contributed by atoms with Crippen LogP contribution in [0, 0.1) is 0 Å². The SMILES string of the molecule is O=C(NN(F)F)c1ccccc1. The van der Waals surface area contributed by atoms with Crippen LogP contribution in [0.4, 0.5) is 8.96 Å². The van der Waals surface area contributed by atoms with Crippen LogP contribution >= 0.6 is 0 Å². The molecule has 5 heteroatoms. The topological polar surface area (TPSA) is 32.3 Å². The van der Waals surface area contributed by atoms with Gasteiger partial charge in [0.2, 0.25) is 0 Å². The smallest absolute Gasteiger partial charge is 0.268 e. The van der Waals surface area contributed by atoms with E-state index in [1.807, 2.05) is 0 Å². The van der Waals surface area contributed by atoms with Crippen LogP contribution in [0.1, 0.15) is 10.4 Å². The Bertz CT molecular complexity index is 263. The van der Waals surface area contributed by atoms with E-state index < -0.39 is 11.4 Å². The molecule has 0 radical (unpaired) electrons. The number of hydrogen-bond acceptors (Lipinski definition) is 2. The van der Waals surface area contributed by atoms with E-state index in [0.717, 1.165) is 0 Å². The lowest BCUT2D eigenvalue weighted by Crippen LogP contribution is -2.30. The summed E-state index contributed by atoms with van der Waals surface area (Å²) in [4.78, 5) is 10.8. The average molecular weight is 172 g/mol. The molecule has 0 unspecified atom stereocenters. The molecule has 0 atom stereocenters. The molecular weight excluding hydrogens is 166 g/mol. The lowest BCUT2D eigenvalue weighted by Gasteiger charge is -2.02. The Balaban J connectivity index is 2.66. The van der Waals surface area contributed by atoms with Gasteiger partial charge in [-0.15, -0.1) is 0 Å². The normalized spacial score (nSPS) is 9.92. The Kier molecular flexibility index (Phi) is 2.71. The van der Waals surface area contributed by atoms with Crippen molar-refractivity contribution in [2.24, 2.45) is 0 Å². The Labute approximate surface area is 67.4 Å². The predicted molar refractivity (Wildman–Crippen MR) is 38.0 cm³/mol. The monoisotopic (exact) mass is 172 g/mol. The van der Waals surface area contributed by atoms with Crippen LogP contribution in [0.5, 0.6) is 0 Å². The van der Waals surface area contributed by atoms with E-state index in [9.17, 15) is 13.8 Å². The number of amides is 1. The highest BCUT2D eigenvalue weighted by Gasteiger charge is 2.07. The van der Waals surface area contributed by atoms with Crippen LogP contribution in [0.3, 0.4) is 0 Å². The second-order valence-corrected chi connectivity index (χ2v) is 2.04. The zero-order valence-corrected chi connectivity index (χ0v) is 6.00. The fourth-order valence-corrected chi connectivity index (χ4v) is 0.731. The summed E-state index contributed by atoms with van der Waals surface area (Å²) in [6, 6.07) is 7.77. The van der Waals surface area contributed by atoms with Gasteiger partial charge in [-0.2, -0.15) is 0 Å². The molecule has 0 aliphatic rings. The van der Waals surface area contributed by atoms with Gasteiger partial charge in [0.15, 0.2) is 0 Å². The van der Waals surface area contributed by atoms with Crippen molar-refractivity contribution in [3.8, 4) is 0 Å². The van der Waals surface area contributed by atoms with Gasteiger partial charge in [0.05, 0.1) is 0 Å². The molecular formula is C7H6F2N2O. The third-order valence-corrected chi connectivity index (χ3v) is 1.22. The summed E-state index contributed by atoms with van der Waals surface area (Å²) < 4.78 is 22.9. The van der Waals surface area contributed by atoms with E-state index in [2.05, 4.69) is 0 Å². The summed E-state index contributed by atoms with van der Waals surface area (Å²) in [7, 11) is 0. The third kappa shape index (κ3) is 2.28. The molecule has 0 saturated heterocycles. The lowest BCUT2D eigenvalue weighted by molar-refractivity contribution is -0.185. The first kappa shape index (κ1) is 8.61. The molecule has 0 bridgehead atoms. The first-order valence-electron chi connectivity index (χ1n) is 3.18. The highest BCUT2D eigenvalue weighted by Crippen LogP contribution is 1.98. The first-order chi connectivity index (χ1) is 5.70. The van der Waals surface area contributed by atoms with Crippen LogP contribution in [-0.2, 0) is 0 Å². The van der Waals surface area contributed by atoms with Crippen molar-refractivity contribution < 1.29 is 13.8 Å². The van der Waals surface area contributed by atoms with Gasteiger partial charge in [-0.05, 0) is 12.1 Å². The molecule has 12 heavy (non-hydrogen) atoms. The van der Waals surface area contributed by atoms with Crippen LogP contribution in [-0.4, -0.2) is 11.4 Å². The molecule has 0 heterocycles. The molecule has 0 fully saturated rings. The number of benzene rings is 1. The minimum absolute atomic E-state index is 0.192. The maximum absolute atomic E-state index is 11.5. The molecule has 1 rings (SSSR count). The fourth-order valence-electron chi connectivity index (χ4n) is 0.731. The van der Waals surface area contributed by atoms with Gasteiger partial charge >= 0.3 is 0 Å². The number of halogens is 2. The molecule has 1 aromatic carbocycles. The number of nitrogens with zero attached hydrogens (tertiary/aromatic N) is 1. The number of hydrazine groups is 1. The van der Waals surface area contributed by atoms with E-state index >= 15 is 0 Å². The number of carbonyl (C=O) groups is 1. The zero-order valence-electron chi connectivity index (χ0n) is 6.00. The number of hydrogen-bond donors (Lipinski definition) is 1. The Morgan fingerprint density at radius 1 is 1.25 bits per heavy atom. The molecule has 1 aromatic rings. The predicted octanol–water partition coefficient (Wildman–Crippen LogP) is 1.40. The van der Waals surface area contributed by atoms with Crippen molar-refractivity contribution in [3.63, 3.8) is 0 Å². The van der Waals surface area contributed by atoms with Crippen molar-refractivity contribution in [1.82, 2.24) is 10.9 Å². The van der Waals surface area contributed by atoms with Crippen molar-refractivity contribution >= 4 is 5.91 Å². The maximum Gasteiger partial charge on any atom is 0.269 e. The molecule has 0 aliphatic carbocycles. The van der Waals surface area contributed by atoms with Crippen LogP contribution in [0.15, 0.2) is 30.3 Å². The van der Waals surface area contributed by atoms with E-state index in [1.54, 1.807) is 18.2 Å². The molecule has 1 N–H and O–H groups in total. The summed E-state index contributed by atoms with van der Waals surface area (Å²) in [5, 5.41) is 0. The number of rotatable bonds is 2. The van der Waals surface area contributed by atoms with Gasteiger partial charge in [-0.3, -0.25) is 4.79 Å². The molecule has 64 valence electrons. The summed E-state index contributed by atoms with van der Waals surface area (Å²) >= 11 is 0. The third-order valence-electron chi connectivity index (χ3n) is 1.22. The molecule has 0 spiro atoms. The molecule has 3 nitrogen and oxygen atoms in total. The standard InChI is InChI=1S/C7H6F2N2O/c8-11(9)10-7(12)6-4-2-1-3-5-6/h1-5H,(H,10,12). The molecule has 0 aromatic heterocycles. The van der Waals surface area contributed by atoms with E-state index in [1.165, 1.54) is 17.6 Å². The number of nitrogens with one attached hydrogen (secondary N) is 1. The largest absolute Gasteiger partial charge is 0.269 e. The minimum Gasteiger partial charge on any atom is -0.268 e. The molecule has 1 amide bonds. The van der Waals surface area contributed by atoms with Crippen LogP contribution in [0.2, 0.25) is 0 Å². The summed E-state index contributed by atoms with van der Waals surface area (Å²) in [6.45, 7) is 0. The number of carbonyl (C=O) groups excluding carboxylic acids is 1. The van der Waals surface area contributed by atoms with Gasteiger partial charge in [0.25, 0.3) is 5.91 Å². The molecule has 0 saturated carbocycles. The van der Waals surface area contributed by atoms with Crippen LogP contribution in [0.25, 0.3) is 0 Å². The summed E-state index contributed by atoms with van der Waals surface area (Å²) in [6.07, 6.45) is 0. The van der Waals surface area contributed by atoms with Crippen molar-refractivity contribution in [1.29, 1.82) is 0 Å². The maximum atomic E-state index is 11.5. The van der Waals surface area contributed by atoms with Crippen molar-refractivity contribution in [2.45, 2.75) is 0 Å². The van der Waals surface area contributed by atoms with E-state index in [-0.39, 0.29) is 5.56 Å². The van der Waals surface area contributed by atoms with Crippen LogP contribution < -0.4 is 5.43 Å². The van der Waals surface area contributed by atoms with Gasteiger partial charge in [-0.25, -0.2) is 5.43 Å². The quantitative estimate of drug-likeness (QED) is 0.540. The highest BCUT2D eigenvalue weighted by molar-refractivity contribution is 5.93. The van der Waals surface area contributed by atoms with Gasteiger partial charge < -0.3 is 0 Å². The fraction of sp³-hybridized carbons (Fsp3) is 0. The van der Waals surface area contributed by atoms with Gasteiger partial charge in [0, 0.05) is 5.56 Å². The Morgan fingerprint density at radius 3 is 2.33 bits per heavy atom. The first-order valence-corrected chi connectivity index (χ1v) is 3.18. The van der Waals surface area contributed by atoms with E-state index in [0.29, 0.717) is 0 Å². The highest BCUT2D eigenvalue weighted by atomic mass is 19.4. The van der Waals surface area contributed by atoms with E-state index in [4.69, 9.17) is 0 Å². The molecule has 0 aliphatic heterocycles. The summed E-state index contributed by atoms with van der Waals surface area (Å²) in [5.74, 6) is -0.833. The second-order valence-electron chi connectivity index (χ2n) is 2.04. The lowest BCUT2D eigenvalue weighted by atomic mass is 10.2. The second kappa shape index (κ2) is 3.77. The van der Waals surface area contributed by atoms with Gasteiger partial charge in [-0.1, -0.05) is 27.2 Å². The van der Waals surface area contributed by atoms with Crippen molar-refractivity contribution in [3.05, 3.63) is 35.9 Å². The minimum atomic E-state index is -1.38. The van der Waals surface area contributed by atoms with Crippen molar-refractivity contribution in [2.75, 3.05) is 0 Å². The average Bonchev–Trinajstić information content (AvgIpc) is 2.05. The zero-order chi connectivity index (χ0) is 8.97. The Morgan fingerprint density at radius 2 is 1.83 bits per heavy atom. The Hall–Kier alpha value is -1.49. The summed E-state index contributed by atoms with van der Waals surface area (Å²) in [5.41, 5.74) is 0.133.